The van der Waals surface area contributed by atoms with Crippen LogP contribution in [0.4, 0.5) is 0 Å². The maximum atomic E-state index is 8.19. The molecule has 2 heteroatoms. The van der Waals surface area contributed by atoms with Gasteiger partial charge in [-0.15, -0.1) is 0 Å². The molecule has 0 aliphatic carbocycles. The number of rotatable bonds is 2. The summed E-state index contributed by atoms with van der Waals surface area (Å²) in [5.74, 6) is 0. The van der Waals surface area contributed by atoms with Gasteiger partial charge in [-0.3, -0.25) is 0 Å². The zero-order valence-electron chi connectivity index (χ0n) is 7.14. The van der Waals surface area contributed by atoms with Gasteiger partial charge in [-0.1, -0.05) is 48.6 Å². The number of hydrogen-bond donors (Lipinski definition) is 0. The molecule has 0 amide bonds. The fourth-order valence-corrected chi connectivity index (χ4v) is 0.829. The van der Waals surface area contributed by atoms with Gasteiger partial charge in [-0.05, 0) is 5.56 Å². The van der Waals surface area contributed by atoms with Gasteiger partial charge in [0.2, 0.25) is 0 Å². The Hall–Kier alpha value is -1.59. The molecule has 1 aromatic rings. The molecule has 0 aliphatic rings. The van der Waals surface area contributed by atoms with Crippen LogP contribution in [0.2, 0.25) is 0 Å². The molecule has 1 nitrogen and oxygen atoms in total. The number of nitrogens with zero attached hydrogens (tertiary/aromatic N) is 1. The highest BCUT2D eigenvalue weighted by Crippen LogP contribution is 2.00. The minimum absolute atomic E-state index is 0. The lowest BCUT2D eigenvalue weighted by Crippen LogP contribution is -1.66. The third-order valence-corrected chi connectivity index (χ3v) is 1.37. The highest BCUT2D eigenvalue weighted by atomic mass is 28.1. The maximum Gasteiger partial charge on any atom is 0.0912 e. The van der Waals surface area contributed by atoms with Crippen molar-refractivity contribution in [3.8, 4) is 6.07 Å². The van der Waals surface area contributed by atoms with Gasteiger partial charge in [0, 0.05) is 17.0 Å². The molecule has 4 radical (unpaired) electrons. The van der Waals surface area contributed by atoms with Crippen LogP contribution < -0.4 is 0 Å². The summed E-state index contributed by atoms with van der Waals surface area (Å²) in [6.45, 7) is 0. The largest absolute Gasteiger partial charge is 0.193 e. The van der Waals surface area contributed by atoms with E-state index >= 15 is 0 Å². The first-order valence-corrected chi connectivity index (χ1v) is 3.71. The molecule has 0 spiro atoms. The van der Waals surface area contributed by atoms with Gasteiger partial charge in [-0.2, -0.15) is 5.26 Å². The lowest BCUT2D eigenvalue weighted by Gasteiger charge is -1.87. The van der Waals surface area contributed by atoms with E-state index in [4.69, 9.17) is 5.26 Å². The summed E-state index contributed by atoms with van der Waals surface area (Å²) < 4.78 is 0. The van der Waals surface area contributed by atoms with Crippen LogP contribution in [-0.2, 0) is 0 Å². The van der Waals surface area contributed by atoms with Gasteiger partial charge >= 0.3 is 0 Å². The molecule has 0 N–H and O–H groups in total. The van der Waals surface area contributed by atoms with Crippen molar-refractivity contribution in [2.45, 2.75) is 0 Å². The first-order chi connectivity index (χ1) is 5.93. The Labute approximate surface area is 83.0 Å². The third kappa shape index (κ3) is 4.78. The van der Waals surface area contributed by atoms with Crippen LogP contribution in [0.25, 0.3) is 6.08 Å². The molecule has 62 valence electrons. The Balaban J connectivity index is 0.00000144. The van der Waals surface area contributed by atoms with E-state index in [1.807, 2.05) is 48.6 Å². The molecule has 0 fully saturated rings. The highest BCUT2D eigenvalue weighted by molar-refractivity contribution is 5.75. The predicted octanol–water partition coefficient (Wildman–Crippen LogP) is 2.40. The van der Waals surface area contributed by atoms with Gasteiger partial charge in [0.15, 0.2) is 0 Å². The Kier molecular flexibility index (Phi) is 6.21. The second kappa shape index (κ2) is 7.08. The van der Waals surface area contributed by atoms with Crippen LogP contribution in [0.1, 0.15) is 5.56 Å². The molecule has 0 bridgehead atoms. The lowest BCUT2D eigenvalue weighted by atomic mass is 10.2. The normalized spacial score (nSPS) is 9.77. The molecule has 0 saturated carbocycles. The van der Waals surface area contributed by atoms with Crippen molar-refractivity contribution >= 4 is 17.0 Å². The fourth-order valence-electron chi connectivity index (χ4n) is 0.829. The quantitative estimate of drug-likeness (QED) is 0.392. The van der Waals surface area contributed by atoms with Crippen LogP contribution in [0, 0.1) is 11.3 Å². The van der Waals surface area contributed by atoms with E-state index in [1.54, 1.807) is 6.08 Å². The first kappa shape index (κ1) is 11.4. The zero-order chi connectivity index (χ0) is 8.65. The molecule has 0 aromatic heterocycles. The van der Waals surface area contributed by atoms with Crippen molar-refractivity contribution in [2.24, 2.45) is 0 Å². The van der Waals surface area contributed by atoms with E-state index in [9.17, 15) is 0 Å². The highest BCUT2D eigenvalue weighted by Gasteiger charge is 1.78. The van der Waals surface area contributed by atoms with Crippen LogP contribution in [0.15, 0.2) is 48.6 Å². The van der Waals surface area contributed by atoms with Crippen LogP contribution in [0.5, 0.6) is 0 Å². The van der Waals surface area contributed by atoms with Crippen LogP contribution in [0.3, 0.4) is 0 Å². The number of nitriles is 1. The number of benzene rings is 1. The molecule has 1 aromatic carbocycles. The summed E-state index contributed by atoms with van der Waals surface area (Å²) in [7, 11) is 0. The Morgan fingerprint density at radius 2 is 1.77 bits per heavy atom. The SMILES string of the molecule is N#CC=CC=Cc1ccccc1.[Si]. The first-order valence-electron chi connectivity index (χ1n) is 3.71. The minimum atomic E-state index is 0. The summed E-state index contributed by atoms with van der Waals surface area (Å²) in [5, 5.41) is 8.19. The molecular formula is C11H9NSi. The van der Waals surface area contributed by atoms with Crippen molar-refractivity contribution in [3.05, 3.63) is 54.1 Å². The molecule has 0 heterocycles. The third-order valence-electron chi connectivity index (χ3n) is 1.37. The van der Waals surface area contributed by atoms with Crippen molar-refractivity contribution < 1.29 is 0 Å². The van der Waals surface area contributed by atoms with Crippen molar-refractivity contribution in [2.75, 3.05) is 0 Å². The number of allylic oxidation sites excluding steroid dienone is 3. The average molecular weight is 183 g/mol. The van der Waals surface area contributed by atoms with Gasteiger partial charge in [0.25, 0.3) is 0 Å². The van der Waals surface area contributed by atoms with Crippen LogP contribution in [-0.4, -0.2) is 11.0 Å². The van der Waals surface area contributed by atoms with E-state index in [0.717, 1.165) is 5.56 Å². The molecule has 0 atom stereocenters. The smallest absolute Gasteiger partial charge is 0.0912 e. The monoisotopic (exact) mass is 183 g/mol. The molecule has 0 aliphatic heterocycles. The van der Waals surface area contributed by atoms with E-state index < -0.39 is 0 Å². The van der Waals surface area contributed by atoms with E-state index in [-0.39, 0.29) is 11.0 Å². The van der Waals surface area contributed by atoms with Gasteiger partial charge in [0.1, 0.15) is 0 Å². The zero-order valence-corrected chi connectivity index (χ0v) is 8.14. The molecule has 0 saturated heterocycles. The van der Waals surface area contributed by atoms with Crippen molar-refractivity contribution in [1.29, 1.82) is 5.26 Å². The Morgan fingerprint density at radius 1 is 1.08 bits per heavy atom. The summed E-state index contributed by atoms with van der Waals surface area (Å²) in [6.07, 6.45) is 6.96. The average Bonchev–Trinajstić information content (AvgIpc) is 2.14. The number of hydrogen-bond acceptors (Lipinski definition) is 1. The molecule has 0 unspecified atom stereocenters. The van der Waals surface area contributed by atoms with Gasteiger partial charge in [0.05, 0.1) is 6.07 Å². The van der Waals surface area contributed by atoms with E-state index in [2.05, 4.69) is 0 Å². The van der Waals surface area contributed by atoms with Crippen LogP contribution >= 0.6 is 0 Å². The summed E-state index contributed by atoms with van der Waals surface area (Å²) in [5.41, 5.74) is 1.14. The lowest BCUT2D eigenvalue weighted by molar-refractivity contribution is 1.53. The summed E-state index contributed by atoms with van der Waals surface area (Å²) in [4.78, 5) is 0. The molecule has 13 heavy (non-hydrogen) atoms. The predicted molar refractivity (Wildman–Crippen MR) is 56.0 cm³/mol. The topological polar surface area (TPSA) is 23.8 Å². The second-order valence-electron chi connectivity index (χ2n) is 2.26. The molecular weight excluding hydrogens is 174 g/mol. The molecule has 1 rings (SSSR count). The standard InChI is InChI=1S/C11H9N.Si/c12-10-6-2-5-9-11-7-3-1-4-8-11;/h1-9H;. The Morgan fingerprint density at radius 3 is 2.38 bits per heavy atom. The minimum Gasteiger partial charge on any atom is -0.193 e. The van der Waals surface area contributed by atoms with Gasteiger partial charge in [-0.25, -0.2) is 0 Å². The summed E-state index contributed by atoms with van der Waals surface area (Å²) in [6, 6.07) is 11.9. The van der Waals surface area contributed by atoms with E-state index in [0.29, 0.717) is 0 Å². The van der Waals surface area contributed by atoms with Crippen molar-refractivity contribution in [3.63, 3.8) is 0 Å². The Bertz CT molecular complexity index is 320. The van der Waals surface area contributed by atoms with Crippen molar-refractivity contribution in [1.82, 2.24) is 0 Å². The summed E-state index contributed by atoms with van der Waals surface area (Å²) >= 11 is 0. The van der Waals surface area contributed by atoms with Gasteiger partial charge < -0.3 is 0 Å². The second-order valence-corrected chi connectivity index (χ2v) is 2.26. The fraction of sp³-hybridized carbons (Fsp3) is 0. The maximum absolute atomic E-state index is 8.19. The van der Waals surface area contributed by atoms with E-state index in [1.165, 1.54) is 6.08 Å².